The number of hydrogen-bond donors (Lipinski definition) is 2. The van der Waals surface area contributed by atoms with Crippen LogP contribution in [0.25, 0.3) is 0 Å². The predicted molar refractivity (Wildman–Crippen MR) is 87.9 cm³/mol. The normalized spacial score (nSPS) is 17.4. The average molecular weight is 303 g/mol. The molecular weight excluding hydrogens is 278 g/mol. The van der Waals surface area contributed by atoms with Crippen LogP contribution in [-0.2, 0) is 9.59 Å². The van der Waals surface area contributed by atoms with Crippen molar-refractivity contribution in [2.75, 3.05) is 25.5 Å². The van der Waals surface area contributed by atoms with Gasteiger partial charge in [0.25, 0.3) is 0 Å². The fourth-order valence-electron chi connectivity index (χ4n) is 3.01. The Morgan fingerprint density at radius 3 is 2.45 bits per heavy atom. The maximum atomic E-state index is 12.2. The van der Waals surface area contributed by atoms with Gasteiger partial charge in [0, 0.05) is 12.7 Å². The van der Waals surface area contributed by atoms with Gasteiger partial charge in [-0.2, -0.15) is 0 Å². The second kappa shape index (κ2) is 6.92. The Bertz CT molecular complexity index is 554. The number of amides is 2. The Morgan fingerprint density at radius 2 is 1.91 bits per heavy atom. The van der Waals surface area contributed by atoms with Crippen LogP contribution in [0.5, 0.6) is 0 Å². The first-order chi connectivity index (χ1) is 10.4. The molecule has 1 saturated heterocycles. The zero-order valence-corrected chi connectivity index (χ0v) is 13.8. The van der Waals surface area contributed by atoms with E-state index in [4.69, 9.17) is 0 Å². The molecule has 1 aliphatic heterocycles. The number of aryl methyl sites for hydroxylation is 3. The van der Waals surface area contributed by atoms with Gasteiger partial charge < -0.3 is 15.5 Å². The molecule has 1 aromatic carbocycles. The fourth-order valence-corrected chi connectivity index (χ4v) is 3.01. The minimum atomic E-state index is -0.163. The maximum Gasteiger partial charge on any atom is 0.243 e. The van der Waals surface area contributed by atoms with Crippen molar-refractivity contribution in [2.24, 2.45) is 0 Å². The van der Waals surface area contributed by atoms with Crippen molar-refractivity contribution >= 4 is 17.5 Å². The Labute approximate surface area is 132 Å². The van der Waals surface area contributed by atoms with E-state index in [0.717, 1.165) is 36.2 Å². The number of likely N-dealkylation sites (N-methyl/N-ethyl adjacent to an activating group) is 1. The van der Waals surface area contributed by atoms with E-state index in [1.54, 1.807) is 7.05 Å². The van der Waals surface area contributed by atoms with E-state index in [2.05, 4.69) is 10.6 Å². The number of nitrogens with zero attached hydrogens (tertiary/aromatic N) is 1. The molecular formula is C17H25N3O2. The SMILES string of the molecule is Cc1cc(C)c(NC(=O)CN(C)C(=O)C2CCCN2)c(C)c1. The molecule has 1 unspecified atom stereocenters. The average Bonchev–Trinajstić information content (AvgIpc) is 2.95. The number of hydrogen-bond acceptors (Lipinski definition) is 3. The Kier molecular flexibility index (Phi) is 5.19. The first-order valence-electron chi connectivity index (χ1n) is 7.74. The van der Waals surface area contributed by atoms with Gasteiger partial charge in [-0.1, -0.05) is 17.7 Å². The van der Waals surface area contributed by atoms with Gasteiger partial charge in [-0.05, 0) is 51.3 Å². The highest BCUT2D eigenvalue weighted by atomic mass is 16.2. The van der Waals surface area contributed by atoms with Crippen molar-refractivity contribution in [1.29, 1.82) is 0 Å². The van der Waals surface area contributed by atoms with Crippen molar-refractivity contribution in [3.63, 3.8) is 0 Å². The van der Waals surface area contributed by atoms with Gasteiger partial charge in [0.2, 0.25) is 11.8 Å². The summed E-state index contributed by atoms with van der Waals surface area (Å²) >= 11 is 0. The molecule has 2 rings (SSSR count). The lowest BCUT2D eigenvalue weighted by atomic mass is 10.1. The third-order valence-corrected chi connectivity index (χ3v) is 4.06. The van der Waals surface area contributed by atoms with Crippen LogP contribution in [-0.4, -0.2) is 42.9 Å². The maximum absolute atomic E-state index is 12.2. The smallest absolute Gasteiger partial charge is 0.243 e. The summed E-state index contributed by atoms with van der Waals surface area (Å²) in [5.74, 6) is -0.172. The molecule has 1 aromatic rings. The first-order valence-corrected chi connectivity index (χ1v) is 7.74. The van der Waals surface area contributed by atoms with E-state index in [1.165, 1.54) is 10.5 Å². The summed E-state index contributed by atoms with van der Waals surface area (Å²) in [5.41, 5.74) is 4.10. The van der Waals surface area contributed by atoms with Crippen LogP contribution in [0, 0.1) is 20.8 Å². The van der Waals surface area contributed by atoms with E-state index in [-0.39, 0.29) is 24.4 Å². The zero-order chi connectivity index (χ0) is 16.3. The van der Waals surface area contributed by atoms with Crippen molar-refractivity contribution < 1.29 is 9.59 Å². The summed E-state index contributed by atoms with van der Waals surface area (Å²) in [6.45, 7) is 6.94. The van der Waals surface area contributed by atoms with Crippen molar-refractivity contribution in [2.45, 2.75) is 39.7 Å². The summed E-state index contributed by atoms with van der Waals surface area (Å²) < 4.78 is 0. The zero-order valence-electron chi connectivity index (χ0n) is 13.8. The lowest BCUT2D eigenvalue weighted by Crippen LogP contribution is -2.44. The lowest BCUT2D eigenvalue weighted by Gasteiger charge is -2.21. The molecule has 22 heavy (non-hydrogen) atoms. The van der Waals surface area contributed by atoms with Gasteiger partial charge >= 0.3 is 0 Å². The van der Waals surface area contributed by atoms with Gasteiger partial charge in [0.15, 0.2) is 0 Å². The molecule has 2 N–H and O–H groups in total. The Balaban J connectivity index is 1.96. The summed E-state index contributed by atoms with van der Waals surface area (Å²) in [5, 5.41) is 6.09. The minimum absolute atomic E-state index is 0.00926. The largest absolute Gasteiger partial charge is 0.335 e. The second-order valence-corrected chi connectivity index (χ2v) is 6.17. The highest BCUT2D eigenvalue weighted by molar-refractivity contribution is 5.96. The third kappa shape index (κ3) is 3.85. The number of carbonyl (C=O) groups excluding carboxylic acids is 2. The molecule has 0 saturated carbocycles. The molecule has 1 fully saturated rings. The van der Waals surface area contributed by atoms with Crippen LogP contribution < -0.4 is 10.6 Å². The molecule has 1 aliphatic rings. The predicted octanol–water partition coefficient (Wildman–Crippen LogP) is 1.76. The summed E-state index contributed by atoms with van der Waals surface area (Å²) in [6, 6.07) is 3.94. The Morgan fingerprint density at radius 1 is 1.27 bits per heavy atom. The van der Waals surface area contributed by atoms with Gasteiger partial charge in [0.1, 0.15) is 0 Å². The number of nitrogens with one attached hydrogen (secondary N) is 2. The molecule has 5 nitrogen and oxygen atoms in total. The summed E-state index contributed by atoms with van der Waals surface area (Å²) in [4.78, 5) is 25.9. The Hall–Kier alpha value is -1.88. The van der Waals surface area contributed by atoms with Gasteiger partial charge in [-0.25, -0.2) is 0 Å². The molecule has 0 aromatic heterocycles. The van der Waals surface area contributed by atoms with Crippen LogP contribution in [0.1, 0.15) is 29.5 Å². The van der Waals surface area contributed by atoms with Crippen LogP contribution in [0.3, 0.4) is 0 Å². The fraction of sp³-hybridized carbons (Fsp3) is 0.529. The van der Waals surface area contributed by atoms with E-state index < -0.39 is 0 Å². The van der Waals surface area contributed by atoms with Crippen LogP contribution >= 0.6 is 0 Å². The lowest BCUT2D eigenvalue weighted by molar-refractivity contribution is -0.134. The molecule has 120 valence electrons. The van der Waals surface area contributed by atoms with Crippen LogP contribution in [0.2, 0.25) is 0 Å². The van der Waals surface area contributed by atoms with Crippen LogP contribution in [0.15, 0.2) is 12.1 Å². The molecule has 0 spiro atoms. The van der Waals surface area contributed by atoms with E-state index >= 15 is 0 Å². The van der Waals surface area contributed by atoms with Gasteiger partial charge in [0.05, 0.1) is 12.6 Å². The molecule has 0 aliphatic carbocycles. The van der Waals surface area contributed by atoms with Crippen LogP contribution in [0.4, 0.5) is 5.69 Å². The quantitative estimate of drug-likeness (QED) is 0.891. The van der Waals surface area contributed by atoms with Crippen molar-refractivity contribution in [3.8, 4) is 0 Å². The molecule has 0 radical (unpaired) electrons. The number of benzene rings is 1. The molecule has 1 heterocycles. The van der Waals surface area contributed by atoms with Gasteiger partial charge in [-0.15, -0.1) is 0 Å². The van der Waals surface area contributed by atoms with E-state index in [9.17, 15) is 9.59 Å². The second-order valence-electron chi connectivity index (χ2n) is 6.17. The molecule has 0 bridgehead atoms. The highest BCUT2D eigenvalue weighted by Crippen LogP contribution is 2.21. The van der Waals surface area contributed by atoms with E-state index in [1.807, 2.05) is 32.9 Å². The standard InChI is InChI=1S/C17H25N3O2/c1-11-8-12(2)16(13(3)9-11)19-15(21)10-20(4)17(22)14-6-5-7-18-14/h8-9,14,18H,5-7,10H2,1-4H3,(H,19,21). The molecule has 1 atom stereocenters. The summed E-state index contributed by atoms with van der Waals surface area (Å²) in [7, 11) is 1.68. The van der Waals surface area contributed by atoms with Crippen molar-refractivity contribution in [1.82, 2.24) is 10.2 Å². The summed E-state index contributed by atoms with van der Waals surface area (Å²) in [6.07, 6.45) is 1.86. The number of anilines is 1. The van der Waals surface area contributed by atoms with E-state index in [0.29, 0.717) is 0 Å². The monoisotopic (exact) mass is 303 g/mol. The minimum Gasteiger partial charge on any atom is -0.335 e. The van der Waals surface area contributed by atoms with Crippen molar-refractivity contribution in [3.05, 3.63) is 28.8 Å². The highest BCUT2D eigenvalue weighted by Gasteiger charge is 2.26. The number of carbonyl (C=O) groups is 2. The number of rotatable bonds is 4. The third-order valence-electron chi connectivity index (χ3n) is 4.06. The molecule has 5 heteroatoms. The van der Waals surface area contributed by atoms with Gasteiger partial charge in [-0.3, -0.25) is 9.59 Å². The topological polar surface area (TPSA) is 61.4 Å². The molecule has 2 amide bonds. The first kappa shape index (κ1) is 16.5.